The highest BCUT2D eigenvalue weighted by atomic mass is 32.2. The summed E-state index contributed by atoms with van der Waals surface area (Å²) < 4.78 is 64.5. The largest absolute Gasteiger partial charge is 0.454 e. The van der Waals surface area contributed by atoms with Gasteiger partial charge in [0.25, 0.3) is 5.91 Å². The maximum atomic E-state index is 13.2. The quantitative estimate of drug-likeness (QED) is 0.635. The minimum atomic E-state index is -4.83. The molecule has 2 unspecified atom stereocenters. The number of aryl methyl sites for hydroxylation is 1. The molecule has 8 nitrogen and oxygen atoms in total. The monoisotopic (exact) mass is 491 g/mol. The highest BCUT2D eigenvalue weighted by Gasteiger charge is 2.36. The Hall–Kier alpha value is -3.72. The molecule has 0 fully saturated rings. The summed E-state index contributed by atoms with van der Waals surface area (Å²) in [6.45, 7) is 3.20. The van der Waals surface area contributed by atoms with Crippen molar-refractivity contribution in [1.82, 2.24) is 15.5 Å². The number of carbonyl (C=O) groups excluding carboxylic acids is 1. The van der Waals surface area contributed by atoms with Gasteiger partial charge in [0.15, 0.2) is 17.1 Å². The van der Waals surface area contributed by atoms with Crippen molar-refractivity contribution in [2.75, 3.05) is 6.26 Å². The van der Waals surface area contributed by atoms with E-state index in [1.165, 1.54) is 36.6 Å². The molecule has 0 radical (unpaired) electrons. The predicted molar refractivity (Wildman–Crippen MR) is 117 cm³/mol. The van der Waals surface area contributed by atoms with Crippen LogP contribution in [0.3, 0.4) is 0 Å². The van der Waals surface area contributed by atoms with Crippen LogP contribution in [-0.2, 0) is 15.9 Å². The van der Waals surface area contributed by atoms with Gasteiger partial charge in [-0.3, -0.25) is 9.57 Å². The van der Waals surface area contributed by atoms with E-state index in [1.807, 2.05) is 6.07 Å². The number of alkyl halides is 3. The first-order valence-corrected chi connectivity index (χ1v) is 11.8. The molecule has 178 valence electrons. The second-order valence-electron chi connectivity index (χ2n) is 7.95. The molecule has 0 aliphatic heterocycles. The summed E-state index contributed by atoms with van der Waals surface area (Å²) in [5.74, 6) is -1.27. The van der Waals surface area contributed by atoms with Crippen LogP contribution in [0, 0.1) is 23.0 Å². The third-order valence-corrected chi connectivity index (χ3v) is 7.28. The van der Waals surface area contributed by atoms with Crippen molar-refractivity contribution in [3.05, 3.63) is 70.7 Å². The van der Waals surface area contributed by atoms with Gasteiger partial charge in [-0.05, 0) is 56.2 Å². The van der Waals surface area contributed by atoms with Crippen molar-refractivity contribution in [3.63, 3.8) is 0 Å². The first-order valence-electron chi connectivity index (χ1n) is 9.81. The zero-order chi connectivity index (χ0) is 25.3. The number of hydrogen-bond acceptors (Lipinski definition) is 7. The number of allylic oxidation sites excluding steroid dienone is 2. The molecule has 34 heavy (non-hydrogen) atoms. The summed E-state index contributed by atoms with van der Waals surface area (Å²) in [6.07, 6.45) is 1.43. The minimum absolute atomic E-state index is 0.124. The second kappa shape index (κ2) is 8.90. The fraction of sp³-hybridized carbons (Fsp3) is 0.273. The Morgan fingerprint density at radius 1 is 1.29 bits per heavy atom. The molecule has 1 aromatic carbocycles. The Morgan fingerprint density at radius 2 is 2.00 bits per heavy atom. The summed E-state index contributed by atoms with van der Waals surface area (Å²) in [7, 11) is -3.02. The van der Waals surface area contributed by atoms with E-state index in [-0.39, 0.29) is 11.4 Å². The molecule has 3 rings (SSSR count). The normalized spacial score (nSPS) is 19.5. The number of nitriles is 1. The van der Waals surface area contributed by atoms with Crippen LogP contribution in [0.5, 0.6) is 11.5 Å². The number of nitrogens with one attached hydrogen (secondary N) is 2. The van der Waals surface area contributed by atoms with Gasteiger partial charge in [-0.1, -0.05) is 6.08 Å². The molecule has 0 bridgehead atoms. The smallest absolute Gasteiger partial charge is 0.435 e. The molecule has 0 spiro atoms. The van der Waals surface area contributed by atoms with Crippen molar-refractivity contribution >= 4 is 15.6 Å². The van der Waals surface area contributed by atoms with E-state index in [9.17, 15) is 22.2 Å². The van der Waals surface area contributed by atoms with Crippen LogP contribution in [0.1, 0.15) is 40.7 Å². The average Bonchev–Trinajstić information content (AvgIpc) is 2.73. The molecule has 1 amide bonds. The van der Waals surface area contributed by atoms with E-state index in [4.69, 9.17) is 14.8 Å². The third kappa shape index (κ3) is 5.26. The number of aromatic nitrogens is 2. The van der Waals surface area contributed by atoms with E-state index < -0.39 is 43.7 Å². The number of nitrogens with zero attached hydrogens (tertiary/aromatic N) is 3. The highest BCUT2D eigenvalue weighted by Crippen LogP contribution is 2.34. The number of halogens is 3. The lowest BCUT2D eigenvalue weighted by Gasteiger charge is -2.28. The van der Waals surface area contributed by atoms with Gasteiger partial charge in [-0.25, -0.2) is 4.21 Å². The second-order valence-corrected chi connectivity index (χ2v) is 10.6. The lowest BCUT2D eigenvalue weighted by Crippen LogP contribution is -2.35. The third-order valence-electron chi connectivity index (χ3n) is 5.22. The maximum Gasteiger partial charge on any atom is 0.435 e. The summed E-state index contributed by atoms with van der Waals surface area (Å²) in [5, 5.41) is 18.1. The Morgan fingerprint density at radius 3 is 2.59 bits per heavy atom. The van der Waals surface area contributed by atoms with Crippen molar-refractivity contribution in [1.29, 1.82) is 10.0 Å². The maximum absolute atomic E-state index is 13.2. The zero-order valence-electron chi connectivity index (χ0n) is 18.4. The van der Waals surface area contributed by atoms with Crippen LogP contribution >= 0.6 is 0 Å². The van der Waals surface area contributed by atoms with Gasteiger partial charge in [0.2, 0.25) is 0 Å². The van der Waals surface area contributed by atoms with Gasteiger partial charge in [0, 0.05) is 18.0 Å². The van der Waals surface area contributed by atoms with E-state index >= 15 is 0 Å². The zero-order valence-corrected chi connectivity index (χ0v) is 19.2. The van der Waals surface area contributed by atoms with Gasteiger partial charge in [-0.2, -0.15) is 18.4 Å². The van der Waals surface area contributed by atoms with E-state index in [2.05, 4.69) is 15.5 Å². The van der Waals surface area contributed by atoms with E-state index in [1.54, 1.807) is 19.9 Å². The van der Waals surface area contributed by atoms with Crippen molar-refractivity contribution < 1.29 is 26.9 Å². The van der Waals surface area contributed by atoms with Crippen molar-refractivity contribution in [3.8, 4) is 17.6 Å². The lowest BCUT2D eigenvalue weighted by atomic mass is 10.00. The SMILES string of the molecule is Cc1cc(C#N)ccc1Oc1cc(C(F)(F)F)nnc1C(=O)NC1=CC(C)(S(C)(=N)=O)CC=C1. The van der Waals surface area contributed by atoms with Crippen LogP contribution in [0.15, 0.2) is 48.2 Å². The van der Waals surface area contributed by atoms with Crippen LogP contribution < -0.4 is 10.1 Å². The lowest BCUT2D eigenvalue weighted by molar-refractivity contribution is -0.141. The molecular weight excluding hydrogens is 471 g/mol. The molecule has 1 heterocycles. The summed E-state index contributed by atoms with van der Waals surface area (Å²) in [5.41, 5.74) is -0.871. The van der Waals surface area contributed by atoms with Crippen molar-refractivity contribution in [2.24, 2.45) is 0 Å². The summed E-state index contributed by atoms with van der Waals surface area (Å²) >= 11 is 0. The van der Waals surface area contributed by atoms with Gasteiger partial charge in [0.1, 0.15) is 5.75 Å². The van der Waals surface area contributed by atoms with E-state index in [0.717, 1.165) is 0 Å². The van der Waals surface area contributed by atoms with Crippen LogP contribution in [0.25, 0.3) is 0 Å². The predicted octanol–water partition coefficient (Wildman–Crippen LogP) is 4.48. The first-order chi connectivity index (χ1) is 15.7. The molecule has 12 heteroatoms. The van der Waals surface area contributed by atoms with Crippen LogP contribution in [0.4, 0.5) is 13.2 Å². The topological polar surface area (TPSA) is 129 Å². The Kier molecular flexibility index (Phi) is 6.53. The first kappa shape index (κ1) is 24.9. The van der Waals surface area contributed by atoms with Gasteiger partial charge < -0.3 is 10.1 Å². The Labute approximate surface area is 194 Å². The molecule has 2 atom stereocenters. The molecule has 0 saturated heterocycles. The Bertz CT molecular complexity index is 1360. The fourth-order valence-corrected chi connectivity index (χ4v) is 3.86. The average molecular weight is 491 g/mol. The summed E-state index contributed by atoms with van der Waals surface area (Å²) in [4.78, 5) is 12.9. The molecule has 1 aliphatic rings. The Balaban J connectivity index is 2.00. The number of hydrogen-bond donors (Lipinski definition) is 2. The molecule has 0 saturated carbocycles. The van der Waals surface area contributed by atoms with Crippen LogP contribution in [-0.4, -0.2) is 31.3 Å². The highest BCUT2D eigenvalue weighted by molar-refractivity contribution is 7.93. The van der Waals surface area contributed by atoms with Gasteiger partial charge in [0.05, 0.1) is 26.1 Å². The summed E-state index contributed by atoms with van der Waals surface area (Å²) in [6, 6.07) is 6.81. The fourth-order valence-electron chi connectivity index (χ4n) is 3.10. The number of carbonyl (C=O) groups is 1. The van der Waals surface area contributed by atoms with E-state index in [0.29, 0.717) is 23.6 Å². The van der Waals surface area contributed by atoms with Gasteiger partial charge in [-0.15, -0.1) is 10.2 Å². The molecular formula is C22H20F3N5O3S. The molecule has 1 aromatic heterocycles. The number of amides is 1. The van der Waals surface area contributed by atoms with Crippen LogP contribution in [0.2, 0.25) is 0 Å². The van der Waals surface area contributed by atoms with Crippen molar-refractivity contribution in [2.45, 2.75) is 31.2 Å². The van der Waals surface area contributed by atoms with Gasteiger partial charge >= 0.3 is 6.18 Å². The standard InChI is InChI=1S/C22H20F3N5O3S/c1-13-9-14(12-26)6-7-16(13)33-17-10-18(22(23,24)25)29-30-19(17)20(31)28-15-5-4-8-21(2,11-15)34(3,27)32/h4-7,9-11,27H,8H2,1-3H3,(H,28,31). The minimum Gasteiger partial charge on any atom is -0.454 e. The molecule has 1 aliphatic carbocycles. The molecule has 2 aromatic rings. The number of rotatable bonds is 5. The number of benzene rings is 1. The number of ether oxygens (including phenoxy) is 1. The molecule has 2 N–H and O–H groups in total.